The molecule has 1 aromatic carbocycles. The summed E-state index contributed by atoms with van der Waals surface area (Å²) in [6, 6.07) is 10.2. The van der Waals surface area contributed by atoms with E-state index in [4.69, 9.17) is 11.5 Å². The van der Waals surface area contributed by atoms with Crippen molar-refractivity contribution >= 4 is 34.7 Å². The van der Waals surface area contributed by atoms with Crippen molar-refractivity contribution in [3.05, 3.63) is 42.1 Å². The van der Waals surface area contributed by atoms with Gasteiger partial charge in [0, 0.05) is 5.75 Å². The molecule has 100 valence electrons. The number of aromatic nitrogens is 4. The number of nitrogens with zero attached hydrogens (tertiary/aromatic N) is 4. The molecule has 0 saturated heterocycles. The predicted octanol–water partition coefficient (Wildman–Crippen LogP) is 1.88. The Morgan fingerprint density at radius 1 is 1.00 bits per heavy atom. The minimum Gasteiger partial charge on any atom is -0.382 e. The summed E-state index contributed by atoms with van der Waals surface area (Å²) in [7, 11) is 0. The monoisotopic (exact) mass is 284 g/mol. The topological polar surface area (TPSA) is 104 Å². The number of nitrogens with two attached hydrogens (primary N) is 2. The average molecular weight is 284 g/mol. The largest absolute Gasteiger partial charge is 0.382 e. The number of thioether (sulfide) groups is 1. The quantitative estimate of drug-likeness (QED) is 0.707. The highest BCUT2D eigenvalue weighted by Crippen LogP contribution is 2.23. The fraction of sp³-hybridized carbons (Fsp3) is 0.0769. The summed E-state index contributed by atoms with van der Waals surface area (Å²) in [5, 5.41) is 0.779. The standard InChI is InChI=1S/C13H12N6S/c14-11-10-12(19-13(15)18-11)16-6-9(17-10)20-7-8-4-2-1-3-5-8/h1-6H,7H2,(H4,14,15,16,18,19). The van der Waals surface area contributed by atoms with Gasteiger partial charge in [0.15, 0.2) is 17.0 Å². The van der Waals surface area contributed by atoms with Crippen molar-refractivity contribution in [2.24, 2.45) is 0 Å². The molecule has 4 N–H and O–H groups in total. The second-order valence-electron chi connectivity index (χ2n) is 4.12. The summed E-state index contributed by atoms with van der Waals surface area (Å²) in [6.07, 6.45) is 1.67. The van der Waals surface area contributed by atoms with Crippen molar-refractivity contribution in [1.82, 2.24) is 19.9 Å². The Bertz CT molecular complexity index is 746. The predicted molar refractivity (Wildman–Crippen MR) is 80.0 cm³/mol. The molecule has 2 aromatic heterocycles. The van der Waals surface area contributed by atoms with Crippen LogP contribution in [0.25, 0.3) is 11.2 Å². The van der Waals surface area contributed by atoms with E-state index in [-0.39, 0.29) is 11.8 Å². The van der Waals surface area contributed by atoms with Crippen molar-refractivity contribution in [2.45, 2.75) is 10.8 Å². The number of nitrogen functional groups attached to an aromatic ring is 2. The third-order valence-electron chi connectivity index (χ3n) is 2.66. The van der Waals surface area contributed by atoms with Crippen LogP contribution in [0.4, 0.5) is 11.8 Å². The van der Waals surface area contributed by atoms with Gasteiger partial charge < -0.3 is 11.5 Å². The van der Waals surface area contributed by atoms with Gasteiger partial charge in [0.1, 0.15) is 5.03 Å². The van der Waals surface area contributed by atoms with Crippen molar-refractivity contribution in [2.75, 3.05) is 11.5 Å². The molecule has 6 nitrogen and oxygen atoms in total. The Hall–Kier alpha value is -2.41. The van der Waals surface area contributed by atoms with Gasteiger partial charge in [-0.1, -0.05) is 30.3 Å². The van der Waals surface area contributed by atoms with Crippen molar-refractivity contribution in [1.29, 1.82) is 0 Å². The zero-order valence-electron chi connectivity index (χ0n) is 10.5. The number of anilines is 2. The fourth-order valence-corrected chi connectivity index (χ4v) is 2.52. The van der Waals surface area contributed by atoms with Crippen LogP contribution in [0, 0.1) is 0 Å². The van der Waals surface area contributed by atoms with E-state index >= 15 is 0 Å². The lowest BCUT2D eigenvalue weighted by atomic mass is 10.2. The minimum atomic E-state index is 0.106. The summed E-state index contributed by atoms with van der Waals surface area (Å²) in [6.45, 7) is 0. The van der Waals surface area contributed by atoms with Crippen molar-refractivity contribution in [3.8, 4) is 0 Å². The molecule has 0 radical (unpaired) electrons. The first-order valence-electron chi connectivity index (χ1n) is 5.95. The maximum Gasteiger partial charge on any atom is 0.224 e. The van der Waals surface area contributed by atoms with Gasteiger partial charge in [-0.05, 0) is 5.56 Å². The van der Waals surface area contributed by atoms with Crippen LogP contribution in [0.3, 0.4) is 0 Å². The molecule has 0 aliphatic heterocycles. The SMILES string of the molecule is Nc1nc(N)c2nc(SCc3ccccc3)cnc2n1. The van der Waals surface area contributed by atoms with Crippen LogP contribution in [0.15, 0.2) is 41.6 Å². The summed E-state index contributed by atoms with van der Waals surface area (Å²) in [4.78, 5) is 16.5. The maximum absolute atomic E-state index is 5.79. The first-order valence-corrected chi connectivity index (χ1v) is 6.93. The molecule has 0 aliphatic carbocycles. The van der Waals surface area contributed by atoms with Crippen molar-refractivity contribution in [3.63, 3.8) is 0 Å². The second kappa shape index (κ2) is 5.30. The van der Waals surface area contributed by atoms with E-state index in [0.717, 1.165) is 10.8 Å². The third kappa shape index (κ3) is 2.62. The summed E-state index contributed by atoms with van der Waals surface area (Å²) in [5.74, 6) is 1.17. The molecule has 3 aromatic rings. The highest BCUT2D eigenvalue weighted by Gasteiger charge is 2.07. The molecule has 0 saturated carbocycles. The van der Waals surface area contributed by atoms with E-state index in [1.165, 1.54) is 5.56 Å². The Kier molecular flexibility index (Phi) is 3.34. The van der Waals surface area contributed by atoms with Crippen LogP contribution in [0.2, 0.25) is 0 Å². The zero-order valence-corrected chi connectivity index (χ0v) is 11.3. The van der Waals surface area contributed by atoms with E-state index in [2.05, 4.69) is 32.1 Å². The normalized spacial score (nSPS) is 10.8. The summed E-state index contributed by atoms with van der Waals surface area (Å²) >= 11 is 1.59. The third-order valence-corrected chi connectivity index (χ3v) is 3.63. The molecule has 0 unspecified atom stereocenters. The van der Waals surface area contributed by atoms with E-state index in [1.54, 1.807) is 18.0 Å². The van der Waals surface area contributed by atoms with Crippen LogP contribution in [0.1, 0.15) is 5.56 Å². The van der Waals surface area contributed by atoms with Crippen LogP contribution < -0.4 is 11.5 Å². The van der Waals surface area contributed by atoms with Crippen LogP contribution in [-0.4, -0.2) is 19.9 Å². The van der Waals surface area contributed by atoms with Gasteiger partial charge in [0.05, 0.1) is 6.20 Å². The molecule has 7 heteroatoms. The number of fused-ring (bicyclic) bond motifs is 1. The Morgan fingerprint density at radius 2 is 1.80 bits per heavy atom. The molecule has 2 heterocycles. The molecule has 0 spiro atoms. The highest BCUT2D eigenvalue weighted by atomic mass is 32.2. The Morgan fingerprint density at radius 3 is 2.60 bits per heavy atom. The van der Waals surface area contributed by atoms with Crippen LogP contribution >= 0.6 is 11.8 Å². The van der Waals surface area contributed by atoms with Crippen LogP contribution in [0.5, 0.6) is 0 Å². The Labute approximate surface area is 119 Å². The second-order valence-corrected chi connectivity index (χ2v) is 5.12. The molecular formula is C13H12N6S. The smallest absolute Gasteiger partial charge is 0.224 e. The zero-order chi connectivity index (χ0) is 13.9. The minimum absolute atomic E-state index is 0.106. The number of hydrogen-bond acceptors (Lipinski definition) is 7. The maximum atomic E-state index is 5.79. The van der Waals surface area contributed by atoms with Gasteiger partial charge in [0.2, 0.25) is 5.95 Å². The lowest BCUT2D eigenvalue weighted by molar-refractivity contribution is 1.08. The van der Waals surface area contributed by atoms with Crippen molar-refractivity contribution < 1.29 is 0 Å². The van der Waals surface area contributed by atoms with E-state index in [0.29, 0.717) is 11.2 Å². The highest BCUT2D eigenvalue weighted by molar-refractivity contribution is 7.98. The van der Waals surface area contributed by atoms with E-state index in [1.807, 2.05) is 18.2 Å². The van der Waals surface area contributed by atoms with Gasteiger partial charge in [0.25, 0.3) is 0 Å². The summed E-state index contributed by atoms with van der Waals surface area (Å²) < 4.78 is 0. The fourth-order valence-electron chi connectivity index (χ4n) is 1.73. The lowest BCUT2D eigenvalue weighted by Gasteiger charge is -2.04. The molecule has 3 rings (SSSR count). The van der Waals surface area contributed by atoms with E-state index < -0.39 is 0 Å². The van der Waals surface area contributed by atoms with Gasteiger partial charge in [-0.25, -0.2) is 9.97 Å². The van der Waals surface area contributed by atoms with E-state index in [9.17, 15) is 0 Å². The first kappa shape index (κ1) is 12.6. The number of rotatable bonds is 3. The number of hydrogen-bond donors (Lipinski definition) is 2. The van der Waals surface area contributed by atoms with Gasteiger partial charge in [-0.3, -0.25) is 0 Å². The Balaban J connectivity index is 1.86. The molecule has 0 amide bonds. The molecule has 20 heavy (non-hydrogen) atoms. The lowest BCUT2D eigenvalue weighted by Crippen LogP contribution is -2.03. The van der Waals surface area contributed by atoms with Gasteiger partial charge in [-0.2, -0.15) is 9.97 Å². The molecule has 0 fully saturated rings. The molecular weight excluding hydrogens is 272 g/mol. The molecule has 0 bridgehead atoms. The van der Waals surface area contributed by atoms with Crippen LogP contribution in [-0.2, 0) is 5.75 Å². The number of benzene rings is 1. The van der Waals surface area contributed by atoms with Gasteiger partial charge >= 0.3 is 0 Å². The molecule has 0 atom stereocenters. The summed E-state index contributed by atoms with van der Waals surface area (Å²) in [5.41, 5.74) is 13.4. The van der Waals surface area contributed by atoms with Gasteiger partial charge in [-0.15, -0.1) is 11.8 Å². The molecule has 0 aliphatic rings. The first-order chi connectivity index (χ1) is 9.72. The average Bonchev–Trinajstić information content (AvgIpc) is 2.46.